The van der Waals surface area contributed by atoms with E-state index in [1.54, 1.807) is 54.6 Å². The molecule has 1 spiro atoms. The van der Waals surface area contributed by atoms with Gasteiger partial charge in [0.1, 0.15) is 48.4 Å². The molecule has 4 heterocycles. The molecule has 0 N–H and O–H groups in total. The number of carbonyl (C=O) groups excluding carboxylic acids is 11. The number of hydrogen-bond acceptors (Lipinski definition) is 27. The van der Waals surface area contributed by atoms with E-state index in [4.69, 9.17) is 75.8 Å². The summed E-state index contributed by atoms with van der Waals surface area (Å²) in [7, 11) is 0. The third-order valence-electron chi connectivity index (χ3n) is 14.3. The van der Waals surface area contributed by atoms with Gasteiger partial charge in [-0.1, -0.05) is 54.6 Å². The fourth-order valence-corrected chi connectivity index (χ4v) is 10.8. The van der Waals surface area contributed by atoms with Crippen LogP contribution in [0.3, 0.4) is 0 Å². The number of ether oxygens (including phenoxy) is 16. The predicted molar refractivity (Wildman–Crippen MR) is 301 cm³/mol. The van der Waals surface area contributed by atoms with Crippen LogP contribution in [0.15, 0.2) is 109 Å². The fourth-order valence-electron chi connectivity index (χ4n) is 10.8. The first kappa shape index (κ1) is 65.4. The minimum atomic E-state index is -2.06. The van der Waals surface area contributed by atoms with Crippen molar-refractivity contribution in [1.29, 1.82) is 0 Å². The van der Waals surface area contributed by atoms with Crippen LogP contribution in [-0.2, 0) is 119 Å². The van der Waals surface area contributed by atoms with E-state index in [9.17, 15) is 52.7 Å². The Labute approximate surface area is 518 Å². The molecule has 5 aromatic rings. The van der Waals surface area contributed by atoms with E-state index < -0.39 is 159 Å². The standard InChI is InChI=1S/C64H60O27/c1-31(65)76-29-49-53(80-33(3)67)55(82-35(5)69)57(84-37(7)71)62(88-49)78-27-42-47(86-59(73)39-17-11-9-12-18-39)25-23-45-51(42)90-52-43(28-79-63-58(85-38(8)72)56(83-36(6)70)54(81-34(4)68)50(89-63)30-77-32(2)66)48(87-60(74)40-19-13-10-14-20-40)26-24-46(52)64(45)44-22-16-15-21-41(44)61(75)91-64/h9-26,49-50,53-58,62-63H,27-30H2,1-8H3/t49-,50-,53-,54-,55+,56+,57-,58-,62-,63-/m1/s1. The average Bonchev–Trinajstić information content (AvgIpc) is 1.64. The van der Waals surface area contributed by atoms with Crippen LogP contribution in [0.4, 0.5) is 0 Å². The van der Waals surface area contributed by atoms with Gasteiger partial charge >= 0.3 is 65.7 Å². The lowest BCUT2D eigenvalue weighted by atomic mass is 9.76. The lowest BCUT2D eigenvalue weighted by Crippen LogP contribution is -2.62. The maximum absolute atomic E-state index is 14.5. The molecule has 0 aliphatic carbocycles. The van der Waals surface area contributed by atoms with Crippen LogP contribution in [0.2, 0.25) is 0 Å². The van der Waals surface area contributed by atoms with Crippen molar-refractivity contribution >= 4 is 65.7 Å². The van der Waals surface area contributed by atoms with E-state index in [0.29, 0.717) is 0 Å². The SMILES string of the molecule is CC(=O)OC[C@H]1O[C@@H](OCc2c(OC(=O)c3ccccc3)ccc3c2Oc2c(ccc(OC(=O)c4ccccc4)c2CO[C@@H]2O[C@H](COC(C)=O)[C@@H](OC(C)=O)[C@H](OC(C)=O)[C@H]2OC(C)=O)C32OC(=O)c3ccccc32)[C@H](OC(C)=O)[C@@H](OC(C)=O)[C@@H]1OC(C)=O. The topological polar surface area (TPSA) is 335 Å². The molecule has 2 fully saturated rings. The quantitative estimate of drug-likeness (QED) is 0.0498. The second-order valence-electron chi connectivity index (χ2n) is 20.8. The molecule has 478 valence electrons. The van der Waals surface area contributed by atoms with E-state index in [0.717, 1.165) is 55.4 Å². The molecule has 0 radical (unpaired) electrons. The van der Waals surface area contributed by atoms with Crippen molar-refractivity contribution < 1.29 is 129 Å². The van der Waals surface area contributed by atoms with Crippen molar-refractivity contribution in [2.45, 2.75) is 136 Å². The van der Waals surface area contributed by atoms with Crippen molar-refractivity contribution in [3.05, 3.63) is 154 Å². The monoisotopic (exact) mass is 1260 g/mol. The number of esters is 11. The second-order valence-corrected chi connectivity index (χ2v) is 20.8. The first-order valence-corrected chi connectivity index (χ1v) is 28.2. The smallest absolute Gasteiger partial charge is 0.343 e. The highest BCUT2D eigenvalue weighted by atomic mass is 16.8. The molecular weight excluding hydrogens is 1200 g/mol. The highest BCUT2D eigenvalue weighted by Gasteiger charge is 2.58. The highest BCUT2D eigenvalue weighted by Crippen LogP contribution is 2.60. The molecule has 5 aromatic carbocycles. The van der Waals surface area contributed by atoms with Gasteiger partial charge < -0.3 is 75.8 Å². The molecule has 91 heavy (non-hydrogen) atoms. The summed E-state index contributed by atoms with van der Waals surface area (Å²) in [6.45, 7) is 5.49. The second kappa shape index (κ2) is 28.2. The van der Waals surface area contributed by atoms with Gasteiger partial charge in [-0.25, -0.2) is 14.4 Å². The van der Waals surface area contributed by atoms with Gasteiger partial charge in [-0.3, -0.25) is 38.4 Å². The molecule has 27 nitrogen and oxygen atoms in total. The molecular formula is C64H60O27. The van der Waals surface area contributed by atoms with Crippen LogP contribution in [0, 0.1) is 0 Å². The first-order valence-electron chi connectivity index (χ1n) is 28.2. The Morgan fingerprint density at radius 1 is 0.407 bits per heavy atom. The molecule has 9 rings (SSSR count). The molecule has 10 atom stereocenters. The summed E-state index contributed by atoms with van der Waals surface area (Å²) >= 11 is 0. The van der Waals surface area contributed by atoms with Crippen molar-refractivity contribution in [1.82, 2.24) is 0 Å². The van der Waals surface area contributed by atoms with Crippen molar-refractivity contribution in [3.63, 3.8) is 0 Å². The van der Waals surface area contributed by atoms with Crippen LogP contribution in [0.5, 0.6) is 23.0 Å². The molecule has 0 aromatic heterocycles. The van der Waals surface area contributed by atoms with Crippen molar-refractivity contribution in [3.8, 4) is 23.0 Å². The van der Waals surface area contributed by atoms with Crippen molar-refractivity contribution in [2.75, 3.05) is 13.2 Å². The highest BCUT2D eigenvalue weighted by molar-refractivity contribution is 5.98. The number of hydrogen-bond donors (Lipinski definition) is 0. The third kappa shape index (κ3) is 14.7. The summed E-state index contributed by atoms with van der Waals surface area (Å²) in [6, 6.07) is 27.5. The summed E-state index contributed by atoms with van der Waals surface area (Å²) in [5.74, 6) is -11.0. The summed E-state index contributed by atoms with van der Waals surface area (Å²) < 4.78 is 96.1. The Hall–Kier alpha value is -10.1. The Morgan fingerprint density at radius 3 is 1.15 bits per heavy atom. The predicted octanol–water partition coefficient (Wildman–Crippen LogP) is 5.89. The zero-order valence-electron chi connectivity index (χ0n) is 50.0. The number of carbonyl (C=O) groups is 11. The minimum absolute atomic E-state index is 0.0541. The number of fused-ring (bicyclic) bond motifs is 6. The molecule has 4 aliphatic rings. The molecule has 0 bridgehead atoms. The zero-order valence-corrected chi connectivity index (χ0v) is 50.0. The van der Waals surface area contributed by atoms with Crippen LogP contribution in [-0.4, -0.2) is 140 Å². The molecule has 0 unspecified atom stereocenters. The zero-order chi connectivity index (χ0) is 65.4. The van der Waals surface area contributed by atoms with Crippen LogP contribution in [0.25, 0.3) is 0 Å². The first-order chi connectivity index (χ1) is 43.4. The summed E-state index contributed by atoms with van der Waals surface area (Å²) in [5, 5.41) is 0. The number of benzene rings is 5. The lowest BCUT2D eigenvalue weighted by Gasteiger charge is -2.44. The summed E-state index contributed by atoms with van der Waals surface area (Å²) in [4.78, 5) is 144. The van der Waals surface area contributed by atoms with Crippen LogP contribution in [0.1, 0.15) is 114 Å². The molecule has 0 amide bonds. The summed E-state index contributed by atoms with van der Waals surface area (Å²) in [6.07, 6.45) is -16.8. The molecule has 2 saturated heterocycles. The van der Waals surface area contributed by atoms with E-state index in [1.165, 1.54) is 54.6 Å². The third-order valence-corrected chi connectivity index (χ3v) is 14.3. The fraction of sp³-hybridized carbons (Fsp3) is 0.359. The van der Waals surface area contributed by atoms with Crippen LogP contribution >= 0.6 is 0 Å². The largest absolute Gasteiger partial charge is 0.463 e. The maximum Gasteiger partial charge on any atom is 0.343 e. The maximum atomic E-state index is 14.5. The normalized spacial score (nSPS) is 22.3. The Balaban J connectivity index is 1.26. The molecule has 27 heteroatoms. The Morgan fingerprint density at radius 2 is 0.769 bits per heavy atom. The van der Waals surface area contributed by atoms with Gasteiger partial charge in [0.05, 0.1) is 41.0 Å². The van der Waals surface area contributed by atoms with E-state index in [-0.39, 0.29) is 67.5 Å². The van der Waals surface area contributed by atoms with Gasteiger partial charge in [-0.2, -0.15) is 0 Å². The van der Waals surface area contributed by atoms with Crippen LogP contribution < -0.4 is 14.2 Å². The Kier molecular flexibility index (Phi) is 20.2. The molecule has 0 saturated carbocycles. The number of rotatable bonds is 20. The van der Waals surface area contributed by atoms with Gasteiger partial charge in [0.15, 0.2) is 54.8 Å². The van der Waals surface area contributed by atoms with Gasteiger partial charge in [-0.05, 0) is 54.6 Å². The lowest BCUT2D eigenvalue weighted by molar-refractivity contribution is -0.310. The van der Waals surface area contributed by atoms with E-state index in [2.05, 4.69) is 0 Å². The van der Waals surface area contributed by atoms with Gasteiger partial charge in [0.2, 0.25) is 0 Å². The van der Waals surface area contributed by atoms with Gasteiger partial charge in [0, 0.05) is 72.1 Å². The average molecular weight is 1260 g/mol. The molecule has 4 aliphatic heterocycles. The van der Waals surface area contributed by atoms with Gasteiger partial charge in [0.25, 0.3) is 0 Å². The van der Waals surface area contributed by atoms with Crippen molar-refractivity contribution in [2.24, 2.45) is 0 Å². The Bertz CT molecular complexity index is 3450. The van der Waals surface area contributed by atoms with Gasteiger partial charge in [-0.15, -0.1) is 0 Å². The van der Waals surface area contributed by atoms with E-state index in [1.807, 2.05) is 0 Å². The minimum Gasteiger partial charge on any atom is -0.463 e. The summed E-state index contributed by atoms with van der Waals surface area (Å²) in [5.41, 5.74) is -1.88. The van der Waals surface area contributed by atoms with E-state index >= 15 is 0 Å².